The first-order chi connectivity index (χ1) is 17.4. The Hall–Kier alpha value is -3.61. The Labute approximate surface area is 209 Å². The summed E-state index contributed by atoms with van der Waals surface area (Å²) >= 11 is 0. The second-order valence-corrected chi connectivity index (χ2v) is 8.60. The molecule has 0 spiro atoms. The van der Waals surface area contributed by atoms with Gasteiger partial charge in [-0.1, -0.05) is 35.9 Å². The van der Waals surface area contributed by atoms with Crippen LogP contribution in [0.3, 0.4) is 0 Å². The van der Waals surface area contributed by atoms with Crippen LogP contribution >= 0.6 is 0 Å². The highest BCUT2D eigenvalue weighted by Crippen LogP contribution is 2.31. The number of aromatic nitrogens is 3. The average molecular weight is 526 g/mol. The first kappa shape index (κ1) is 26.5. The maximum atomic E-state index is 13.1. The molecule has 0 radical (unpaired) electrons. The molecule has 0 amide bonds. The molecule has 198 valence electrons. The smallest absolute Gasteiger partial charge is 0.422 e. The quantitative estimate of drug-likeness (QED) is 0.425. The molecule has 0 bridgehead atoms. The van der Waals surface area contributed by atoms with E-state index in [2.05, 4.69) is 37.3 Å². The van der Waals surface area contributed by atoms with Gasteiger partial charge < -0.3 is 15.0 Å². The molecule has 2 aromatic carbocycles. The van der Waals surface area contributed by atoms with E-state index in [1.165, 1.54) is 17.7 Å². The fourth-order valence-electron chi connectivity index (χ4n) is 3.71. The Morgan fingerprint density at radius 3 is 2.24 bits per heavy atom. The minimum atomic E-state index is -4.62. The summed E-state index contributed by atoms with van der Waals surface area (Å²) in [6, 6.07) is 11.9. The molecule has 0 atom stereocenters. The molecule has 1 N–H and O–H groups in total. The Bertz CT molecular complexity index is 1190. The maximum Gasteiger partial charge on any atom is 0.422 e. The minimum Gasteiger partial charge on any atom is -0.454 e. The van der Waals surface area contributed by atoms with Crippen molar-refractivity contribution in [1.82, 2.24) is 19.9 Å². The Kier molecular flexibility index (Phi) is 7.71. The largest absolute Gasteiger partial charge is 0.454 e. The zero-order chi connectivity index (χ0) is 26.6. The van der Waals surface area contributed by atoms with Crippen LogP contribution in [0, 0.1) is 6.92 Å². The van der Waals surface area contributed by atoms with Crippen LogP contribution in [0.25, 0.3) is 0 Å². The van der Waals surface area contributed by atoms with Crippen LogP contribution in [-0.2, 0) is 12.7 Å². The highest BCUT2D eigenvalue weighted by Gasteiger charge is 2.31. The zero-order valence-electron chi connectivity index (χ0n) is 19.8. The van der Waals surface area contributed by atoms with E-state index in [0.29, 0.717) is 26.2 Å². The lowest BCUT2D eigenvalue weighted by Crippen LogP contribution is -2.46. The molecule has 0 unspecified atom stereocenters. The highest BCUT2D eigenvalue weighted by atomic mass is 19.4. The van der Waals surface area contributed by atoms with E-state index in [9.17, 15) is 26.3 Å². The second-order valence-electron chi connectivity index (χ2n) is 8.60. The first-order valence-electron chi connectivity index (χ1n) is 11.4. The molecule has 0 aliphatic carbocycles. The maximum absolute atomic E-state index is 13.1. The topological polar surface area (TPSA) is 66.4 Å². The van der Waals surface area contributed by atoms with Crippen molar-refractivity contribution in [2.24, 2.45) is 0 Å². The Balaban J connectivity index is 1.50. The predicted octanol–water partition coefficient (Wildman–Crippen LogP) is 5.21. The van der Waals surface area contributed by atoms with E-state index in [1.807, 2.05) is 19.1 Å². The van der Waals surface area contributed by atoms with Crippen LogP contribution in [0.1, 0.15) is 16.7 Å². The number of aryl methyl sites for hydroxylation is 1. The average Bonchev–Trinajstić information content (AvgIpc) is 2.84. The number of ether oxygens (including phenoxy) is 1. The zero-order valence-corrected chi connectivity index (χ0v) is 19.8. The number of nitrogens with zero attached hydrogens (tertiary/aromatic N) is 5. The molecule has 3 aromatic rings. The monoisotopic (exact) mass is 526 g/mol. The number of anilines is 3. The number of benzene rings is 2. The molecule has 2 heterocycles. The molecule has 1 aliphatic heterocycles. The van der Waals surface area contributed by atoms with Gasteiger partial charge in [-0.15, -0.1) is 0 Å². The van der Waals surface area contributed by atoms with E-state index < -0.39 is 30.5 Å². The summed E-state index contributed by atoms with van der Waals surface area (Å²) in [5.41, 5.74) is 1.44. The summed E-state index contributed by atoms with van der Waals surface area (Å²) in [7, 11) is 0. The first-order valence-corrected chi connectivity index (χ1v) is 11.4. The standard InChI is InChI=1S/C24H24F6N6O/c1-16-5-7-17(8-6-16)14-35-9-11-36(12-10-35)21-32-20(33-22(34-21)37-15-23(25,26)27)31-19-4-2-3-18(13-19)24(28,29)30/h2-8,13H,9-12,14-15H2,1H3,(H,31,32,33,34). The van der Waals surface area contributed by atoms with Gasteiger partial charge in [0.05, 0.1) is 5.56 Å². The molecular weight excluding hydrogens is 502 g/mol. The summed E-state index contributed by atoms with van der Waals surface area (Å²) < 4.78 is 82.1. The van der Waals surface area contributed by atoms with Crippen LogP contribution in [0.4, 0.5) is 43.9 Å². The van der Waals surface area contributed by atoms with Crippen molar-refractivity contribution in [2.45, 2.75) is 25.8 Å². The van der Waals surface area contributed by atoms with E-state index in [0.717, 1.165) is 24.2 Å². The predicted molar refractivity (Wildman–Crippen MR) is 125 cm³/mol. The lowest BCUT2D eigenvalue weighted by Gasteiger charge is -2.34. The molecule has 0 saturated carbocycles. The van der Waals surface area contributed by atoms with Gasteiger partial charge in [-0.25, -0.2) is 0 Å². The van der Waals surface area contributed by atoms with Gasteiger partial charge in [0.15, 0.2) is 6.61 Å². The van der Waals surface area contributed by atoms with E-state index in [1.54, 1.807) is 4.90 Å². The third kappa shape index (κ3) is 7.68. The molecule has 1 aromatic heterocycles. The molecule has 1 aliphatic rings. The molecule has 13 heteroatoms. The van der Waals surface area contributed by atoms with E-state index in [4.69, 9.17) is 4.74 Å². The van der Waals surface area contributed by atoms with Crippen molar-refractivity contribution in [3.8, 4) is 6.01 Å². The summed E-state index contributed by atoms with van der Waals surface area (Å²) in [4.78, 5) is 16.1. The minimum absolute atomic E-state index is 0.0108. The number of rotatable bonds is 7. The molecule has 1 fully saturated rings. The summed E-state index contributed by atoms with van der Waals surface area (Å²) in [6.07, 6.45) is -9.19. The number of nitrogens with one attached hydrogen (secondary N) is 1. The van der Waals surface area contributed by atoms with Crippen LogP contribution in [0.2, 0.25) is 0 Å². The van der Waals surface area contributed by atoms with Crippen LogP contribution in [0.15, 0.2) is 48.5 Å². The van der Waals surface area contributed by atoms with Gasteiger partial charge in [-0.2, -0.15) is 41.3 Å². The number of hydrogen-bond acceptors (Lipinski definition) is 7. The van der Waals surface area contributed by atoms with Gasteiger partial charge in [-0.05, 0) is 30.7 Å². The van der Waals surface area contributed by atoms with Gasteiger partial charge in [0.2, 0.25) is 11.9 Å². The SMILES string of the molecule is Cc1ccc(CN2CCN(c3nc(Nc4cccc(C(F)(F)F)c4)nc(OCC(F)(F)F)n3)CC2)cc1. The van der Waals surface area contributed by atoms with Crippen molar-refractivity contribution < 1.29 is 31.1 Å². The summed E-state index contributed by atoms with van der Waals surface area (Å²) in [6.45, 7) is 3.40. The number of piperazine rings is 1. The highest BCUT2D eigenvalue weighted by molar-refractivity contribution is 5.56. The van der Waals surface area contributed by atoms with Crippen LogP contribution < -0.4 is 15.0 Å². The Morgan fingerprint density at radius 2 is 1.59 bits per heavy atom. The van der Waals surface area contributed by atoms with Crippen molar-refractivity contribution in [1.29, 1.82) is 0 Å². The van der Waals surface area contributed by atoms with Gasteiger partial charge in [0, 0.05) is 38.4 Å². The second kappa shape index (κ2) is 10.8. The molecule has 4 rings (SSSR count). The van der Waals surface area contributed by atoms with E-state index in [-0.39, 0.29) is 17.6 Å². The lowest BCUT2D eigenvalue weighted by atomic mass is 10.1. The van der Waals surface area contributed by atoms with Gasteiger partial charge in [0.25, 0.3) is 0 Å². The van der Waals surface area contributed by atoms with Gasteiger partial charge >= 0.3 is 18.4 Å². The third-order valence-corrected chi connectivity index (χ3v) is 5.60. The van der Waals surface area contributed by atoms with Crippen molar-refractivity contribution in [3.05, 3.63) is 65.2 Å². The fourth-order valence-corrected chi connectivity index (χ4v) is 3.71. The van der Waals surface area contributed by atoms with Crippen LogP contribution in [0.5, 0.6) is 6.01 Å². The van der Waals surface area contributed by atoms with Crippen molar-refractivity contribution >= 4 is 17.6 Å². The van der Waals surface area contributed by atoms with E-state index >= 15 is 0 Å². The van der Waals surface area contributed by atoms with Gasteiger partial charge in [0.1, 0.15) is 0 Å². The fraction of sp³-hybridized carbons (Fsp3) is 0.375. The molecule has 37 heavy (non-hydrogen) atoms. The molecule has 1 saturated heterocycles. The molecular formula is C24H24F6N6O. The number of halogens is 6. The lowest BCUT2D eigenvalue weighted by molar-refractivity contribution is -0.154. The third-order valence-electron chi connectivity index (χ3n) is 5.60. The summed E-state index contributed by atoms with van der Waals surface area (Å²) in [5, 5.41) is 2.62. The van der Waals surface area contributed by atoms with Crippen molar-refractivity contribution in [3.63, 3.8) is 0 Å². The van der Waals surface area contributed by atoms with Crippen LogP contribution in [-0.4, -0.2) is 58.8 Å². The van der Waals surface area contributed by atoms with Crippen molar-refractivity contribution in [2.75, 3.05) is 43.0 Å². The van der Waals surface area contributed by atoms with Gasteiger partial charge in [-0.3, -0.25) is 4.90 Å². The molecule has 7 nitrogen and oxygen atoms in total. The Morgan fingerprint density at radius 1 is 0.892 bits per heavy atom. The summed E-state index contributed by atoms with van der Waals surface area (Å²) in [5.74, 6) is -0.166. The number of hydrogen-bond donors (Lipinski definition) is 1. The normalized spacial score (nSPS) is 15.1. The number of alkyl halides is 6.